The summed E-state index contributed by atoms with van der Waals surface area (Å²) in [6.45, 7) is 9.03. The van der Waals surface area contributed by atoms with Gasteiger partial charge in [0, 0.05) is 6.42 Å². The molecule has 0 saturated carbocycles. The van der Waals surface area contributed by atoms with E-state index in [0.29, 0.717) is 37.0 Å². The molecular weight excluding hydrogens is 234 g/mol. The summed E-state index contributed by atoms with van der Waals surface area (Å²) < 4.78 is 0.349. The Morgan fingerprint density at radius 1 is 1.00 bits per heavy atom. The van der Waals surface area contributed by atoms with E-state index in [-0.39, 0.29) is 13.0 Å². The van der Waals surface area contributed by atoms with Crippen LogP contribution >= 0.6 is 0 Å². The molecule has 0 aliphatic carbocycles. The van der Waals surface area contributed by atoms with Crippen LogP contribution in [-0.4, -0.2) is 52.8 Å². The van der Waals surface area contributed by atoms with Gasteiger partial charge < -0.3 is 14.7 Å². The fraction of sp³-hybridized carbons (Fsp3) is 0.538. The number of quaternary nitrogens is 1. The maximum absolute atomic E-state index is 10.9. The standard InChI is InChI=1S/C13H21NO4/c1-3-8-14(9-4-2,11-13(17)18)10-6-5-7-12(15)16/h3-4H,1-2,5-11H2,(H-,15,16,17,18)/p+1. The van der Waals surface area contributed by atoms with Crippen LogP contribution in [0.15, 0.2) is 25.3 Å². The highest BCUT2D eigenvalue weighted by Gasteiger charge is 2.27. The van der Waals surface area contributed by atoms with Gasteiger partial charge in [-0.1, -0.05) is 13.2 Å². The van der Waals surface area contributed by atoms with E-state index in [4.69, 9.17) is 10.2 Å². The van der Waals surface area contributed by atoms with Crippen LogP contribution in [0.3, 0.4) is 0 Å². The fourth-order valence-electron chi connectivity index (χ4n) is 2.02. The van der Waals surface area contributed by atoms with Gasteiger partial charge in [-0.15, -0.1) is 0 Å². The third-order valence-electron chi connectivity index (χ3n) is 2.78. The Kier molecular flexibility index (Phi) is 7.71. The summed E-state index contributed by atoms with van der Waals surface area (Å²) in [6, 6.07) is 0. The van der Waals surface area contributed by atoms with Crippen molar-refractivity contribution in [2.75, 3.05) is 26.2 Å². The minimum absolute atomic E-state index is 0.00507. The van der Waals surface area contributed by atoms with E-state index in [9.17, 15) is 9.59 Å². The van der Waals surface area contributed by atoms with Crippen molar-refractivity contribution in [3.63, 3.8) is 0 Å². The first-order valence-electron chi connectivity index (χ1n) is 5.96. The number of hydrogen-bond donors (Lipinski definition) is 2. The minimum Gasteiger partial charge on any atom is -0.481 e. The summed E-state index contributed by atoms with van der Waals surface area (Å²) in [6.07, 6.45) is 4.76. The van der Waals surface area contributed by atoms with Gasteiger partial charge >= 0.3 is 11.9 Å². The van der Waals surface area contributed by atoms with Gasteiger partial charge in [0.25, 0.3) is 0 Å². The molecule has 0 aliphatic rings. The zero-order valence-electron chi connectivity index (χ0n) is 10.7. The topological polar surface area (TPSA) is 74.6 Å². The number of carboxylic acid groups (broad SMARTS) is 2. The Balaban J connectivity index is 4.49. The van der Waals surface area contributed by atoms with E-state index in [1.807, 2.05) is 0 Å². The summed E-state index contributed by atoms with van der Waals surface area (Å²) in [5.74, 6) is -1.68. The lowest BCUT2D eigenvalue weighted by atomic mass is 10.2. The molecule has 0 fully saturated rings. The SMILES string of the molecule is C=CC[N+](CC=C)(CCCCC(=O)O)CC(=O)O. The number of carbonyl (C=O) groups is 2. The summed E-state index contributed by atoms with van der Waals surface area (Å²) in [5, 5.41) is 17.5. The first kappa shape index (κ1) is 16.4. The molecule has 0 aliphatic heterocycles. The molecule has 102 valence electrons. The van der Waals surface area contributed by atoms with Crippen molar-refractivity contribution < 1.29 is 24.3 Å². The second kappa shape index (κ2) is 8.47. The number of carboxylic acids is 2. The first-order chi connectivity index (χ1) is 8.45. The van der Waals surface area contributed by atoms with Gasteiger partial charge in [-0.05, 0) is 25.0 Å². The van der Waals surface area contributed by atoms with Crippen LogP contribution in [-0.2, 0) is 9.59 Å². The molecule has 0 atom stereocenters. The lowest BCUT2D eigenvalue weighted by molar-refractivity contribution is -0.910. The van der Waals surface area contributed by atoms with Gasteiger partial charge in [-0.2, -0.15) is 0 Å². The average Bonchev–Trinajstić information content (AvgIpc) is 2.24. The van der Waals surface area contributed by atoms with E-state index in [0.717, 1.165) is 0 Å². The zero-order valence-corrected chi connectivity index (χ0v) is 10.7. The second-order valence-electron chi connectivity index (χ2n) is 4.41. The highest BCUT2D eigenvalue weighted by Crippen LogP contribution is 2.11. The van der Waals surface area contributed by atoms with Gasteiger partial charge in [0.2, 0.25) is 0 Å². The lowest BCUT2D eigenvalue weighted by Gasteiger charge is -2.35. The van der Waals surface area contributed by atoms with Crippen LogP contribution in [0.5, 0.6) is 0 Å². The Labute approximate surface area is 108 Å². The molecule has 0 aromatic carbocycles. The fourth-order valence-corrected chi connectivity index (χ4v) is 2.02. The van der Waals surface area contributed by atoms with Crippen molar-refractivity contribution in [1.29, 1.82) is 0 Å². The van der Waals surface area contributed by atoms with Gasteiger partial charge in [0.1, 0.15) is 0 Å². The van der Waals surface area contributed by atoms with Gasteiger partial charge in [0.15, 0.2) is 6.54 Å². The van der Waals surface area contributed by atoms with Crippen molar-refractivity contribution in [1.82, 2.24) is 0 Å². The molecule has 0 heterocycles. The van der Waals surface area contributed by atoms with Crippen LogP contribution in [0.25, 0.3) is 0 Å². The third-order valence-corrected chi connectivity index (χ3v) is 2.78. The summed E-state index contributed by atoms with van der Waals surface area (Å²) >= 11 is 0. The van der Waals surface area contributed by atoms with Crippen molar-refractivity contribution in [2.24, 2.45) is 0 Å². The lowest BCUT2D eigenvalue weighted by Crippen LogP contribution is -2.52. The molecule has 0 amide bonds. The maximum Gasteiger partial charge on any atom is 0.359 e. The monoisotopic (exact) mass is 256 g/mol. The summed E-state index contributed by atoms with van der Waals surface area (Å²) in [4.78, 5) is 21.3. The Bertz CT molecular complexity index is 302. The molecule has 0 bridgehead atoms. The van der Waals surface area contributed by atoms with Crippen molar-refractivity contribution in [3.05, 3.63) is 25.3 Å². The Morgan fingerprint density at radius 2 is 1.56 bits per heavy atom. The number of nitrogens with zero attached hydrogens (tertiary/aromatic N) is 1. The van der Waals surface area contributed by atoms with E-state index in [1.165, 1.54) is 0 Å². The number of hydrogen-bond acceptors (Lipinski definition) is 2. The van der Waals surface area contributed by atoms with Crippen molar-refractivity contribution >= 4 is 11.9 Å². The maximum atomic E-state index is 10.9. The summed E-state index contributed by atoms with van der Waals surface area (Å²) in [5.41, 5.74) is 0. The molecule has 5 heteroatoms. The average molecular weight is 256 g/mol. The van der Waals surface area contributed by atoms with E-state index in [1.54, 1.807) is 12.2 Å². The number of unbranched alkanes of at least 4 members (excludes halogenated alkanes) is 1. The van der Waals surface area contributed by atoms with Crippen molar-refractivity contribution in [3.8, 4) is 0 Å². The van der Waals surface area contributed by atoms with Crippen molar-refractivity contribution in [2.45, 2.75) is 19.3 Å². The molecule has 0 spiro atoms. The molecule has 0 aromatic rings. The second-order valence-corrected chi connectivity index (χ2v) is 4.41. The normalized spacial score (nSPS) is 10.9. The largest absolute Gasteiger partial charge is 0.481 e. The zero-order chi connectivity index (χ0) is 14.0. The van der Waals surface area contributed by atoms with E-state index in [2.05, 4.69) is 13.2 Å². The molecule has 0 saturated heterocycles. The quantitative estimate of drug-likeness (QED) is 0.334. The van der Waals surface area contributed by atoms with Crippen LogP contribution in [0.2, 0.25) is 0 Å². The molecule has 18 heavy (non-hydrogen) atoms. The highest BCUT2D eigenvalue weighted by molar-refractivity contribution is 5.68. The molecule has 0 rings (SSSR count). The number of rotatable bonds is 11. The van der Waals surface area contributed by atoms with Gasteiger partial charge in [-0.3, -0.25) is 4.79 Å². The summed E-state index contributed by atoms with van der Waals surface area (Å²) in [7, 11) is 0. The van der Waals surface area contributed by atoms with Gasteiger partial charge in [-0.25, -0.2) is 4.79 Å². The van der Waals surface area contributed by atoms with Crippen LogP contribution in [0.4, 0.5) is 0 Å². The third kappa shape index (κ3) is 6.85. The van der Waals surface area contributed by atoms with Crippen LogP contribution in [0.1, 0.15) is 19.3 Å². The Hall–Kier alpha value is -1.62. The molecule has 2 N–H and O–H groups in total. The molecule has 0 radical (unpaired) electrons. The predicted octanol–water partition coefficient (Wildman–Crippen LogP) is 1.51. The molecule has 5 nitrogen and oxygen atoms in total. The minimum atomic E-state index is -0.864. The molecule has 0 aromatic heterocycles. The Morgan fingerprint density at radius 3 is 1.94 bits per heavy atom. The van der Waals surface area contributed by atoms with E-state index < -0.39 is 11.9 Å². The predicted molar refractivity (Wildman–Crippen MR) is 69.2 cm³/mol. The molecular formula is C13H22NO4+. The van der Waals surface area contributed by atoms with Crippen LogP contribution in [0, 0.1) is 0 Å². The molecule has 0 unspecified atom stereocenters. The highest BCUT2D eigenvalue weighted by atomic mass is 16.4. The van der Waals surface area contributed by atoms with Gasteiger partial charge in [0.05, 0.1) is 19.6 Å². The smallest absolute Gasteiger partial charge is 0.359 e. The number of aliphatic carboxylic acids is 2. The first-order valence-corrected chi connectivity index (χ1v) is 5.96. The van der Waals surface area contributed by atoms with Crippen LogP contribution < -0.4 is 0 Å². The van der Waals surface area contributed by atoms with E-state index >= 15 is 0 Å².